The zero-order valence-corrected chi connectivity index (χ0v) is 15.1. The van der Waals surface area contributed by atoms with Crippen LogP contribution in [0.3, 0.4) is 0 Å². The summed E-state index contributed by atoms with van der Waals surface area (Å²) in [5.41, 5.74) is 7.14. The number of hydrogen-bond acceptors (Lipinski definition) is 4. The van der Waals surface area contributed by atoms with Gasteiger partial charge in [-0.05, 0) is 23.6 Å². The summed E-state index contributed by atoms with van der Waals surface area (Å²) in [6, 6.07) is 18.1. The van der Waals surface area contributed by atoms with Gasteiger partial charge in [-0.3, -0.25) is 4.99 Å². The molecule has 0 aliphatic carbocycles. The van der Waals surface area contributed by atoms with Crippen molar-refractivity contribution >= 4 is 27.4 Å². The normalized spacial score (nSPS) is 18.2. The lowest BCUT2D eigenvalue weighted by molar-refractivity contribution is 0.191. The lowest BCUT2D eigenvalue weighted by atomic mass is 10.0. The van der Waals surface area contributed by atoms with Crippen LogP contribution in [0, 0.1) is 0 Å². The highest BCUT2D eigenvalue weighted by Crippen LogP contribution is 2.32. The molecular formula is C20H21N3O2S. The number of aliphatic imine (C=N–C) groups is 1. The Bertz CT molecular complexity index is 904. The highest BCUT2D eigenvalue weighted by molar-refractivity contribution is 7.19. The van der Waals surface area contributed by atoms with E-state index in [1.807, 2.05) is 48.5 Å². The third-order valence-corrected chi connectivity index (χ3v) is 5.71. The van der Waals surface area contributed by atoms with Crippen molar-refractivity contribution in [2.75, 3.05) is 13.2 Å². The first-order chi connectivity index (χ1) is 12.7. The third kappa shape index (κ3) is 3.52. The molecule has 0 saturated carbocycles. The van der Waals surface area contributed by atoms with Crippen LogP contribution in [0.25, 0.3) is 10.1 Å². The number of thiophene rings is 1. The van der Waals surface area contributed by atoms with E-state index < -0.39 is 6.10 Å². The maximum absolute atomic E-state index is 10.4. The van der Waals surface area contributed by atoms with Gasteiger partial charge in [0.25, 0.3) is 0 Å². The Morgan fingerprint density at radius 2 is 2.08 bits per heavy atom. The number of aliphatic hydroxyl groups excluding tert-OH is 1. The van der Waals surface area contributed by atoms with E-state index in [2.05, 4.69) is 16.4 Å². The molecule has 2 aromatic carbocycles. The molecule has 2 heterocycles. The van der Waals surface area contributed by atoms with Crippen molar-refractivity contribution in [1.82, 2.24) is 5.32 Å². The minimum Gasteiger partial charge on any atom is -0.493 e. The van der Waals surface area contributed by atoms with Crippen molar-refractivity contribution in [3.8, 4) is 5.75 Å². The smallest absolute Gasteiger partial charge is 0.189 e. The number of aliphatic hydroxyl groups is 1. The van der Waals surface area contributed by atoms with Gasteiger partial charge in [-0.25, -0.2) is 0 Å². The van der Waals surface area contributed by atoms with E-state index in [-0.39, 0.29) is 12.6 Å². The zero-order valence-electron chi connectivity index (χ0n) is 14.3. The molecule has 0 fully saturated rings. The van der Waals surface area contributed by atoms with Crippen LogP contribution < -0.4 is 15.8 Å². The van der Waals surface area contributed by atoms with Crippen molar-refractivity contribution in [3.05, 3.63) is 65.0 Å². The van der Waals surface area contributed by atoms with E-state index in [9.17, 15) is 5.11 Å². The molecule has 1 aliphatic heterocycles. The molecule has 0 radical (unpaired) electrons. The van der Waals surface area contributed by atoms with E-state index >= 15 is 0 Å². The number of ether oxygens (including phenoxy) is 1. The van der Waals surface area contributed by atoms with E-state index in [0.29, 0.717) is 12.6 Å². The number of guanidine groups is 1. The van der Waals surface area contributed by atoms with Crippen molar-refractivity contribution in [2.45, 2.75) is 18.6 Å². The summed E-state index contributed by atoms with van der Waals surface area (Å²) in [6.45, 7) is 0.878. The summed E-state index contributed by atoms with van der Waals surface area (Å²) < 4.78 is 6.82. The predicted octanol–water partition coefficient (Wildman–Crippen LogP) is 3.36. The molecular weight excluding hydrogens is 346 g/mol. The molecule has 2 atom stereocenters. The van der Waals surface area contributed by atoms with Gasteiger partial charge in [0, 0.05) is 21.6 Å². The molecule has 1 aromatic heterocycles. The Kier molecular flexibility index (Phi) is 4.77. The first-order valence-corrected chi connectivity index (χ1v) is 9.47. The van der Waals surface area contributed by atoms with Crippen LogP contribution in [-0.2, 0) is 0 Å². The van der Waals surface area contributed by atoms with Crippen LogP contribution in [0.1, 0.15) is 29.0 Å². The standard InChI is InChI=1S/C20H21N3O2S/c21-20(23-15-9-10-25-17-7-3-2-6-14(15)17)22-12-16(24)19-11-13-5-1-4-8-18(13)26-19/h1-8,11,15-16,24H,9-10,12H2,(H3,21,22,23). The third-order valence-electron chi connectivity index (χ3n) is 4.49. The number of para-hydroxylation sites is 1. The maximum Gasteiger partial charge on any atom is 0.189 e. The van der Waals surface area contributed by atoms with Crippen LogP contribution in [0.2, 0.25) is 0 Å². The molecule has 0 spiro atoms. The van der Waals surface area contributed by atoms with Crippen LogP contribution in [0.4, 0.5) is 0 Å². The van der Waals surface area contributed by atoms with Gasteiger partial charge in [-0.2, -0.15) is 0 Å². The first kappa shape index (κ1) is 16.9. The zero-order chi connectivity index (χ0) is 17.9. The average molecular weight is 367 g/mol. The van der Waals surface area contributed by atoms with Crippen LogP contribution in [-0.4, -0.2) is 24.2 Å². The lowest BCUT2D eigenvalue weighted by Gasteiger charge is -2.27. The number of benzene rings is 2. The van der Waals surface area contributed by atoms with Gasteiger partial charge in [0.1, 0.15) is 11.9 Å². The minimum atomic E-state index is -0.658. The Balaban J connectivity index is 1.42. The van der Waals surface area contributed by atoms with Crippen LogP contribution in [0.15, 0.2) is 59.6 Å². The van der Waals surface area contributed by atoms with Gasteiger partial charge >= 0.3 is 0 Å². The van der Waals surface area contributed by atoms with Gasteiger partial charge < -0.3 is 20.9 Å². The highest BCUT2D eigenvalue weighted by Gasteiger charge is 2.21. The van der Waals surface area contributed by atoms with Gasteiger partial charge in [-0.15, -0.1) is 11.3 Å². The van der Waals surface area contributed by atoms with Crippen LogP contribution >= 0.6 is 11.3 Å². The number of nitrogens with one attached hydrogen (secondary N) is 1. The largest absolute Gasteiger partial charge is 0.493 e. The fraction of sp³-hybridized carbons (Fsp3) is 0.250. The molecule has 6 heteroatoms. The summed E-state index contributed by atoms with van der Waals surface area (Å²) in [4.78, 5) is 5.24. The Labute approximate surface area is 156 Å². The minimum absolute atomic E-state index is 0.0742. The van der Waals surface area contributed by atoms with Crippen molar-refractivity contribution in [3.63, 3.8) is 0 Å². The molecule has 1 aliphatic rings. The summed E-state index contributed by atoms with van der Waals surface area (Å²) in [6.07, 6.45) is 0.168. The molecule has 5 nitrogen and oxygen atoms in total. The van der Waals surface area contributed by atoms with Crippen molar-refractivity contribution in [1.29, 1.82) is 0 Å². The maximum atomic E-state index is 10.4. The second-order valence-electron chi connectivity index (χ2n) is 6.30. The average Bonchev–Trinajstić information content (AvgIpc) is 3.11. The van der Waals surface area contributed by atoms with E-state index in [1.54, 1.807) is 11.3 Å². The first-order valence-electron chi connectivity index (χ1n) is 8.65. The lowest BCUT2D eigenvalue weighted by Crippen LogP contribution is -2.37. The predicted molar refractivity (Wildman–Crippen MR) is 106 cm³/mol. The van der Waals surface area contributed by atoms with Gasteiger partial charge in [0.15, 0.2) is 5.96 Å². The molecule has 0 amide bonds. The van der Waals surface area contributed by atoms with E-state index in [4.69, 9.17) is 10.5 Å². The Morgan fingerprint density at radius 1 is 1.27 bits per heavy atom. The second kappa shape index (κ2) is 7.35. The summed E-state index contributed by atoms with van der Waals surface area (Å²) in [5.74, 6) is 1.22. The Hall–Kier alpha value is -2.57. The highest BCUT2D eigenvalue weighted by atomic mass is 32.1. The van der Waals surface area contributed by atoms with E-state index in [0.717, 1.165) is 32.7 Å². The Morgan fingerprint density at radius 3 is 2.96 bits per heavy atom. The molecule has 134 valence electrons. The molecule has 0 saturated heterocycles. The summed E-state index contributed by atoms with van der Waals surface area (Å²) in [7, 11) is 0. The van der Waals surface area contributed by atoms with Gasteiger partial charge in [0.2, 0.25) is 0 Å². The molecule has 4 rings (SSSR count). The van der Waals surface area contributed by atoms with Crippen molar-refractivity contribution in [2.24, 2.45) is 10.7 Å². The number of hydrogen-bond donors (Lipinski definition) is 3. The summed E-state index contributed by atoms with van der Waals surface area (Å²) in [5, 5.41) is 14.8. The second-order valence-corrected chi connectivity index (χ2v) is 7.42. The topological polar surface area (TPSA) is 79.9 Å². The number of nitrogens with two attached hydrogens (primary N) is 1. The fourth-order valence-corrected chi connectivity index (χ4v) is 4.20. The van der Waals surface area contributed by atoms with Crippen molar-refractivity contribution < 1.29 is 9.84 Å². The molecule has 2 unspecified atom stereocenters. The quantitative estimate of drug-likeness (QED) is 0.488. The number of nitrogens with zero attached hydrogens (tertiary/aromatic N) is 1. The molecule has 4 N–H and O–H groups in total. The van der Waals surface area contributed by atoms with Crippen LogP contribution in [0.5, 0.6) is 5.75 Å². The number of rotatable bonds is 4. The fourth-order valence-electron chi connectivity index (χ4n) is 3.16. The summed E-state index contributed by atoms with van der Waals surface area (Å²) >= 11 is 1.59. The molecule has 26 heavy (non-hydrogen) atoms. The number of fused-ring (bicyclic) bond motifs is 2. The molecule has 0 bridgehead atoms. The monoisotopic (exact) mass is 367 g/mol. The van der Waals surface area contributed by atoms with Gasteiger partial charge in [0.05, 0.1) is 19.2 Å². The van der Waals surface area contributed by atoms with E-state index in [1.165, 1.54) is 0 Å². The van der Waals surface area contributed by atoms with Gasteiger partial charge in [-0.1, -0.05) is 36.4 Å². The SMILES string of the molecule is NC(=NCC(O)c1cc2ccccc2s1)NC1CCOc2ccccc21. The molecule has 3 aromatic rings.